The van der Waals surface area contributed by atoms with Crippen molar-refractivity contribution in [3.05, 3.63) is 47.5 Å². The lowest BCUT2D eigenvalue weighted by Crippen LogP contribution is -2.07. The molecule has 15 heavy (non-hydrogen) atoms. The molecule has 0 heterocycles. The van der Waals surface area contributed by atoms with Gasteiger partial charge >= 0.3 is 0 Å². The molecule has 0 spiro atoms. The van der Waals surface area contributed by atoms with Crippen molar-refractivity contribution in [2.24, 2.45) is 0 Å². The molecule has 3 rings (SSSR count). The molecule has 0 N–H and O–H groups in total. The van der Waals surface area contributed by atoms with Crippen LogP contribution < -0.4 is 0 Å². The Morgan fingerprint density at radius 1 is 0.933 bits per heavy atom. The summed E-state index contributed by atoms with van der Waals surface area (Å²) in [5.41, 5.74) is 4.00. The van der Waals surface area contributed by atoms with Crippen LogP contribution >= 0.6 is 0 Å². The maximum absolute atomic E-state index is 2.26. The number of hydrogen-bond donors (Lipinski definition) is 0. The number of rotatable bonds is 1. The highest BCUT2D eigenvalue weighted by Gasteiger charge is 2.16. The Balaban J connectivity index is 2.40. The molecule has 0 unspecified atom stereocenters. The Bertz CT molecular complexity index is 559. The van der Waals surface area contributed by atoms with E-state index in [0.717, 1.165) is 0 Å². The van der Waals surface area contributed by atoms with E-state index in [1.54, 1.807) is 0 Å². The average Bonchev–Trinajstić information content (AvgIpc) is 2.61. The van der Waals surface area contributed by atoms with Crippen molar-refractivity contribution in [2.75, 3.05) is 14.1 Å². The summed E-state index contributed by atoms with van der Waals surface area (Å²) in [6.45, 7) is 0. The molecule has 1 heteroatoms. The molecular formula is C14H13N. The normalized spacial score (nSPS) is 13.1. The molecule has 0 fully saturated rings. The van der Waals surface area contributed by atoms with Crippen molar-refractivity contribution in [2.45, 2.75) is 0 Å². The topological polar surface area (TPSA) is 3.24 Å². The molecule has 1 aliphatic rings. The SMILES string of the molecule is CN(C)C1=Cc2cccc3cccc1c23. The van der Waals surface area contributed by atoms with Gasteiger partial charge in [-0.25, -0.2) is 0 Å². The second-order valence-electron chi connectivity index (χ2n) is 4.17. The van der Waals surface area contributed by atoms with Gasteiger partial charge in [-0.3, -0.25) is 0 Å². The van der Waals surface area contributed by atoms with E-state index in [4.69, 9.17) is 0 Å². The number of benzene rings is 2. The summed E-state index contributed by atoms with van der Waals surface area (Å²) in [4.78, 5) is 2.18. The maximum atomic E-state index is 2.26. The van der Waals surface area contributed by atoms with E-state index in [-0.39, 0.29) is 0 Å². The minimum absolute atomic E-state index is 1.31. The van der Waals surface area contributed by atoms with Gasteiger partial charge in [-0.1, -0.05) is 36.4 Å². The van der Waals surface area contributed by atoms with Gasteiger partial charge in [0.25, 0.3) is 0 Å². The summed E-state index contributed by atoms with van der Waals surface area (Å²) < 4.78 is 0. The molecule has 0 bridgehead atoms. The van der Waals surface area contributed by atoms with E-state index in [0.29, 0.717) is 0 Å². The fraction of sp³-hybridized carbons (Fsp3) is 0.143. The summed E-state index contributed by atoms with van der Waals surface area (Å²) in [7, 11) is 4.19. The fourth-order valence-electron chi connectivity index (χ4n) is 2.30. The molecule has 74 valence electrons. The summed E-state index contributed by atoms with van der Waals surface area (Å²) in [5.74, 6) is 0. The third-order valence-corrected chi connectivity index (χ3v) is 2.99. The van der Waals surface area contributed by atoms with Crippen molar-refractivity contribution < 1.29 is 0 Å². The first-order valence-electron chi connectivity index (χ1n) is 5.18. The van der Waals surface area contributed by atoms with Gasteiger partial charge in [0.2, 0.25) is 0 Å². The zero-order chi connectivity index (χ0) is 10.4. The van der Waals surface area contributed by atoms with Gasteiger partial charge in [-0.15, -0.1) is 0 Å². The van der Waals surface area contributed by atoms with Crippen molar-refractivity contribution in [3.63, 3.8) is 0 Å². The Kier molecular flexibility index (Phi) is 1.63. The second kappa shape index (κ2) is 2.86. The minimum atomic E-state index is 1.31. The van der Waals surface area contributed by atoms with Crippen LogP contribution in [0.2, 0.25) is 0 Å². The van der Waals surface area contributed by atoms with Crippen LogP contribution in [0.15, 0.2) is 36.4 Å². The van der Waals surface area contributed by atoms with Crippen LogP contribution in [0.1, 0.15) is 11.1 Å². The van der Waals surface area contributed by atoms with Crippen LogP contribution in [0.4, 0.5) is 0 Å². The summed E-state index contributed by atoms with van der Waals surface area (Å²) >= 11 is 0. The zero-order valence-electron chi connectivity index (χ0n) is 8.99. The summed E-state index contributed by atoms with van der Waals surface area (Å²) in [6, 6.07) is 13.0. The van der Waals surface area contributed by atoms with Crippen molar-refractivity contribution in [1.82, 2.24) is 4.90 Å². The first-order chi connectivity index (χ1) is 7.27. The Morgan fingerprint density at radius 2 is 1.67 bits per heavy atom. The van der Waals surface area contributed by atoms with Crippen molar-refractivity contribution in [1.29, 1.82) is 0 Å². The fourth-order valence-corrected chi connectivity index (χ4v) is 2.30. The standard InChI is InChI=1S/C14H13N/c1-15(2)13-9-11-7-3-5-10-6-4-8-12(13)14(10)11/h3-9H,1-2H3. The van der Waals surface area contributed by atoms with Gasteiger partial charge in [0.05, 0.1) is 0 Å². The van der Waals surface area contributed by atoms with Gasteiger partial charge in [-0.2, -0.15) is 0 Å². The molecule has 0 amide bonds. The first kappa shape index (κ1) is 8.54. The van der Waals surface area contributed by atoms with E-state index in [1.807, 2.05) is 0 Å². The average molecular weight is 195 g/mol. The predicted molar refractivity (Wildman–Crippen MR) is 65.5 cm³/mol. The Morgan fingerprint density at radius 3 is 2.40 bits per heavy atom. The van der Waals surface area contributed by atoms with Crippen molar-refractivity contribution >= 4 is 22.5 Å². The molecule has 1 nitrogen and oxygen atoms in total. The van der Waals surface area contributed by atoms with Gasteiger partial charge in [-0.05, 0) is 22.4 Å². The lowest BCUT2D eigenvalue weighted by molar-refractivity contribution is 0.596. The molecule has 1 aliphatic carbocycles. The molecular weight excluding hydrogens is 182 g/mol. The van der Waals surface area contributed by atoms with Crippen LogP contribution in [-0.2, 0) is 0 Å². The largest absolute Gasteiger partial charge is 0.377 e. The monoisotopic (exact) mass is 195 g/mol. The summed E-state index contributed by atoms with van der Waals surface area (Å²) in [6.07, 6.45) is 2.26. The second-order valence-corrected chi connectivity index (χ2v) is 4.17. The highest BCUT2D eigenvalue weighted by Crippen LogP contribution is 2.36. The lowest BCUT2D eigenvalue weighted by atomic mass is 10.0. The van der Waals surface area contributed by atoms with Crippen LogP contribution in [0.5, 0.6) is 0 Å². The molecule has 0 radical (unpaired) electrons. The zero-order valence-corrected chi connectivity index (χ0v) is 8.99. The van der Waals surface area contributed by atoms with Gasteiger partial charge < -0.3 is 4.90 Å². The van der Waals surface area contributed by atoms with Gasteiger partial charge in [0.1, 0.15) is 0 Å². The first-order valence-corrected chi connectivity index (χ1v) is 5.18. The van der Waals surface area contributed by atoms with E-state index < -0.39 is 0 Å². The van der Waals surface area contributed by atoms with E-state index in [9.17, 15) is 0 Å². The third-order valence-electron chi connectivity index (χ3n) is 2.99. The van der Waals surface area contributed by atoms with E-state index in [2.05, 4.69) is 61.5 Å². The predicted octanol–water partition coefficient (Wildman–Crippen LogP) is 3.21. The summed E-state index contributed by atoms with van der Waals surface area (Å²) in [5, 5.41) is 2.72. The highest BCUT2D eigenvalue weighted by molar-refractivity contribution is 6.08. The molecule has 0 atom stereocenters. The van der Waals surface area contributed by atoms with Crippen LogP contribution in [0.3, 0.4) is 0 Å². The van der Waals surface area contributed by atoms with Crippen LogP contribution in [-0.4, -0.2) is 19.0 Å². The third kappa shape index (κ3) is 1.09. The van der Waals surface area contributed by atoms with E-state index >= 15 is 0 Å². The molecule has 2 aromatic carbocycles. The van der Waals surface area contributed by atoms with E-state index in [1.165, 1.54) is 27.6 Å². The number of hydrogen-bond acceptors (Lipinski definition) is 1. The van der Waals surface area contributed by atoms with Crippen molar-refractivity contribution in [3.8, 4) is 0 Å². The molecule has 0 saturated heterocycles. The lowest BCUT2D eigenvalue weighted by Gasteiger charge is -2.14. The maximum Gasteiger partial charge on any atom is 0.0447 e. The van der Waals surface area contributed by atoms with Gasteiger partial charge in [0, 0.05) is 25.4 Å². The smallest absolute Gasteiger partial charge is 0.0447 e. The quantitative estimate of drug-likeness (QED) is 0.675. The Labute approximate surface area is 89.6 Å². The van der Waals surface area contributed by atoms with Crippen LogP contribution in [0.25, 0.3) is 22.5 Å². The molecule has 0 aromatic heterocycles. The Hall–Kier alpha value is -1.76. The number of nitrogens with zero attached hydrogens (tertiary/aromatic N) is 1. The molecule has 0 saturated carbocycles. The highest BCUT2D eigenvalue weighted by atomic mass is 15.1. The van der Waals surface area contributed by atoms with Gasteiger partial charge in [0.15, 0.2) is 0 Å². The molecule has 2 aromatic rings. The van der Waals surface area contributed by atoms with Crippen LogP contribution in [0, 0.1) is 0 Å². The molecule has 0 aliphatic heterocycles. The minimum Gasteiger partial charge on any atom is -0.377 e.